The Balaban J connectivity index is 1.15. The summed E-state index contributed by atoms with van der Waals surface area (Å²) in [5.41, 5.74) is 1.10. The van der Waals surface area contributed by atoms with Crippen molar-refractivity contribution in [3.05, 3.63) is 143 Å². The van der Waals surface area contributed by atoms with Crippen LogP contribution in [-0.4, -0.2) is 70.2 Å². The number of hydrogen-bond acceptors (Lipinski definition) is 10. The van der Waals surface area contributed by atoms with E-state index in [9.17, 15) is 14.7 Å². The van der Waals surface area contributed by atoms with Crippen molar-refractivity contribution in [2.75, 3.05) is 32.8 Å². The van der Waals surface area contributed by atoms with E-state index in [1.165, 1.54) is 6.33 Å². The number of carbonyl (C=O) groups excluding carboxylic acids is 1. The summed E-state index contributed by atoms with van der Waals surface area (Å²) in [5, 5.41) is 13.9. The number of hydrogen-bond donors (Lipinski definition) is 3. The summed E-state index contributed by atoms with van der Waals surface area (Å²) in [4.78, 5) is 36.8. The summed E-state index contributed by atoms with van der Waals surface area (Å²) in [6.45, 7) is -0.295. The van der Waals surface area contributed by atoms with Crippen LogP contribution in [0.25, 0.3) is 11.2 Å². The second kappa shape index (κ2) is 15.1. The van der Waals surface area contributed by atoms with Crippen LogP contribution in [0.3, 0.4) is 0 Å². The molecule has 1 aliphatic rings. The van der Waals surface area contributed by atoms with Gasteiger partial charge in [0.05, 0.1) is 33.3 Å². The lowest BCUT2D eigenvalue weighted by Gasteiger charge is -2.37. The largest absolute Gasteiger partial charge is 0.497 e. The Morgan fingerprint density at radius 1 is 0.885 bits per heavy atom. The molecule has 7 rings (SSSR count). The van der Waals surface area contributed by atoms with Gasteiger partial charge in [0, 0.05) is 6.42 Å². The minimum atomic E-state index is -1.12. The summed E-state index contributed by atoms with van der Waals surface area (Å²) in [7, 11) is 3.23. The molecule has 0 bridgehead atoms. The van der Waals surface area contributed by atoms with E-state index in [-0.39, 0.29) is 36.7 Å². The van der Waals surface area contributed by atoms with Gasteiger partial charge in [-0.3, -0.25) is 24.5 Å². The topological polar surface area (TPSA) is 159 Å². The third kappa shape index (κ3) is 6.97. The Morgan fingerprint density at radius 3 is 2.10 bits per heavy atom. The number of rotatable bonds is 13. The number of amides is 1. The molecule has 2 aromatic heterocycles. The van der Waals surface area contributed by atoms with E-state index in [1.807, 2.05) is 84.9 Å². The van der Waals surface area contributed by atoms with E-state index in [2.05, 4.69) is 20.3 Å². The molecule has 0 unspecified atom stereocenters. The zero-order valence-corrected chi connectivity index (χ0v) is 28.5. The first-order chi connectivity index (χ1) is 25.4. The predicted octanol–water partition coefficient (Wildman–Crippen LogP) is 4.81. The molecule has 13 heteroatoms. The van der Waals surface area contributed by atoms with Gasteiger partial charge in [-0.05, 0) is 53.1 Å². The Labute approximate surface area is 298 Å². The van der Waals surface area contributed by atoms with Crippen LogP contribution in [0.2, 0.25) is 0 Å². The molecule has 3 atom stereocenters. The van der Waals surface area contributed by atoms with Gasteiger partial charge in [0.1, 0.15) is 35.2 Å². The monoisotopic (exact) mass is 703 g/mol. The molecule has 52 heavy (non-hydrogen) atoms. The normalized spacial score (nSPS) is 17.2. The highest BCUT2D eigenvalue weighted by Gasteiger charge is 2.42. The second-order valence-electron chi connectivity index (χ2n) is 12.1. The van der Waals surface area contributed by atoms with E-state index < -0.39 is 35.5 Å². The quantitative estimate of drug-likeness (QED) is 0.143. The van der Waals surface area contributed by atoms with Gasteiger partial charge in [0.15, 0.2) is 17.8 Å². The molecular formula is C39H37N5O8. The SMILES string of the molecule is COc1ccc(C(OC[C@H]2O[C@@H](n3cnc4c(=O)[nH]c(NC(=O)COc5ccccc5)nc43)C[C@@H]2O)(c2ccccc2)c2ccc(OC)cc2)cc1. The molecular weight excluding hydrogens is 666 g/mol. The van der Waals surface area contributed by atoms with Gasteiger partial charge < -0.3 is 28.8 Å². The van der Waals surface area contributed by atoms with E-state index in [4.69, 9.17) is 23.7 Å². The van der Waals surface area contributed by atoms with Gasteiger partial charge in [0.25, 0.3) is 11.5 Å². The van der Waals surface area contributed by atoms with Gasteiger partial charge in [-0.15, -0.1) is 0 Å². The molecule has 1 saturated heterocycles. The fourth-order valence-electron chi connectivity index (χ4n) is 6.35. The lowest BCUT2D eigenvalue weighted by molar-refractivity contribution is -0.118. The number of benzene rings is 4. The molecule has 13 nitrogen and oxygen atoms in total. The van der Waals surface area contributed by atoms with E-state index in [1.54, 1.807) is 43.1 Å². The Morgan fingerprint density at radius 2 is 1.48 bits per heavy atom. The number of nitrogens with zero attached hydrogens (tertiary/aromatic N) is 3. The number of aliphatic hydroxyl groups is 1. The summed E-state index contributed by atoms with van der Waals surface area (Å²) >= 11 is 0. The van der Waals surface area contributed by atoms with Crippen LogP contribution in [0, 0.1) is 0 Å². The maximum atomic E-state index is 12.9. The highest BCUT2D eigenvalue weighted by Crippen LogP contribution is 2.43. The van der Waals surface area contributed by atoms with Crippen molar-refractivity contribution in [3.63, 3.8) is 0 Å². The molecule has 6 aromatic rings. The minimum Gasteiger partial charge on any atom is -0.497 e. The molecule has 4 aromatic carbocycles. The summed E-state index contributed by atoms with van der Waals surface area (Å²) < 4.78 is 31.3. The third-order valence-electron chi connectivity index (χ3n) is 8.96. The van der Waals surface area contributed by atoms with Crippen LogP contribution in [-0.2, 0) is 19.9 Å². The van der Waals surface area contributed by atoms with Gasteiger partial charge in [-0.25, -0.2) is 4.98 Å². The van der Waals surface area contributed by atoms with Crippen molar-refractivity contribution < 1.29 is 33.6 Å². The van der Waals surface area contributed by atoms with Crippen molar-refractivity contribution in [1.29, 1.82) is 0 Å². The number of para-hydroxylation sites is 1. The molecule has 1 aliphatic heterocycles. The average Bonchev–Trinajstić information content (AvgIpc) is 3.78. The van der Waals surface area contributed by atoms with Crippen LogP contribution in [0.5, 0.6) is 17.2 Å². The zero-order valence-electron chi connectivity index (χ0n) is 28.5. The fourth-order valence-corrected chi connectivity index (χ4v) is 6.35. The number of aromatic nitrogens is 4. The first-order valence-electron chi connectivity index (χ1n) is 16.6. The van der Waals surface area contributed by atoms with Gasteiger partial charge >= 0.3 is 0 Å². The van der Waals surface area contributed by atoms with E-state index in [0.29, 0.717) is 17.2 Å². The van der Waals surface area contributed by atoms with Crippen molar-refractivity contribution in [2.45, 2.75) is 30.5 Å². The average molecular weight is 704 g/mol. The molecule has 3 heterocycles. The Hall–Kier alpha value is -6.02. The summed E-state index contributed by atoms with van der Waals surface area (Å²) in [6, 6.07) is 34.0. The van der Waals surface area contributed by atoms with Crippen LogP contribution < -0.4 is 25.1 Å². The summed E-state index contributed by atoms with van der Waals surface area (Å²) in [5.74, 6) is 1.32. The minimum absolute atomic E-state index is 0.00597. The first kappa shape index (κ1) is 34.4. The predicted molar refractivity (Wildman–Crippen MR) is 192 cm³/mol. The molecule has 1 amide bonds. The van der Waals surface area contributed by atoms with Crippen molar-refractivity contribution in [3.8, 4) is 17.2 Å². The lowest BCUT2D eigenvalue weighted by Crippen LogP contribution is -2.38. The van der Waals surface area contributed by atoms with Gasteiger partial charge in [0.2, 0.25) is 5.95 Å². The number of carbonyl (C=O) groups is 1. The number of nitrogens with one attached hydrogen (secondary N) is 2. The highest BCUT2D eigenvalue weighted by atomic mass is 16.6. The fraction of sp³-hybridized carbons (Fsp3) is 0.231. The van der Waals surface area contributed by atoms with Crippen LogP contribution >= 0.6 is 0 Å². The van der Waals surface area contributed by atoms with Crippen molar-refractivity contribution in [2.24, 2.45) is 0 Å². The molecule has 3 N–H and O–H groups in total. The maximum absolute atomic E-state index is 12.9. The Kier molecular flexibility index (Phi) is 9.98. The maximum Gasteiger partial charge on any atom is 0.280 e. The van der Waals surface area contributed by atoms with E-state index >= 15 is 0 Å². The molecule has 0 aliphatic carbocycles. The number of aliphatic hydroxyl groups excluding tert-OH is 1. The zero-order chi connectivity index (χ0) is 36.1. The van der Waals surface area contributed by atoms with Gasteiger partial charge in [-0.1, -0.05) is 72.8 Å². The number of anilines is 1. The molecule has 0 saturated carbocycles. The molecule has 0 radical (unpaired) electrons. The Bertz CT molecular complexity index is 2130. The molecule has 1 fully saturated rings. The van der Waals surface area contributed by atoms with E-state index in [0.717, 1.165) is 16.7 Å². The number of fused-ring (bicyclic) bond motifs is 1. The highest BCUT2D eigenvalue weighted by molar-refractivity contribution is 5.90. The number of imidazole rings is 1. The second-order valence-corrected chi connectivity index (χ2v) is 12.1. The lowest BCUT2D eigenvalue weighted by atomic mass is 9.80. The van der Waals surface area contributed by atoms with Crippen molar-refractivity contribution >= 4 is 23.0 Å². The standard InChI is InChI=1S/C39H37N5O8/c1-48-28-17-13-26(14-18-28)39(25-9-5-3-6-10-25,27-15-19-29(49-2)20-16-27)51-22-32-31(45)21-34(52-32)44-24-40-35-36(44)42-38(43-37(35)47)41-33(46)23-50-30-11-7-4-8-12-30/h3-20,24,31-32,34,45H,21-23H2,1-2H3,(H2,41,42,43,46,47)/t31-,32+,34+/m0/s1. The number of aromatic amines is 1. The number of H-pyrrole nitrogens is 1. The van der Waals surface area contributed by atoms with Crippen LogP contribution in [0.4, 0.5) is 5.95 Å². The van der Waals surface area contributed by atoms with Crippen LogP contribution in [0.15, 0.2) is 120 Å². The summed E-state index contributed by atoms with van der Waals surface area (Å²) in [6.07, 6.45) is -0.830. The molecule has 0 spiro atoms. The first-order valence-corrected chi connectivity index (χ1v) is 16.6. The number of ether oxygens (including phenoxy) is 5. The van der Waals surface area contributed by atoms with Crippen molar-refractivity contribution in [1.82, 2.24) is 19.5 Å². The number of methoxy groups -OCH3 is 2. The van der Waals surface area contributed by atoms with Crippen LogP contribution in [0.1, 0.15) is 29.3 Å². The van der Waals surface area contributed by atoms with Gasteiger partial charge in [-0.2, -0.15) is 4.98 Å². The molecule has 266 valence electrons. The smallest absolute Gasteiger partial charge is 0.280 e. The third-order valence-corrected chi connectivity index (χ3v) is 8.96.